The number of nitrogens with one attached hydrogen (secondary N) is 2. The van der Waals surface area contributed by atoms with Crippen LogP contribution in [0.4, 0.5) is 0 Å². The van der Waals surface area contributed by atoms with Crippen LogP contribution in [0.5, 0.6) is 0 Å². The van der Waals surface area contributed by atoms with E-state index in [9.17, 15) is 14.7 Å². The Hall–Kier alpha value is -4.26. The summed E-state index contributed by atoms with van der Waals surface area (Å²) in [6, 6.07) is 18.4. The van der Waals surface area contributed by atoms with Gasteiger partial charge in [-0.3, -0.25) is 9.89 Å². The van der Waals surface area contributed by atoms with Gasteiger partial charge in [-0.25, -0.2) is 5.43 Å². The smallest absolute Gasteiger partial charge is 0.289 e. The van der Waals surface area contributed by atoms with Crippen LogP contribution in [-0.2, 0) is 12.8 Å². The zero-order valence-electron chi connectivity index (χ0n) is 16.4. The number of carbonyl (C=O) groups is 2. The van der Waals surface area contributed by atoms with E-state index in [0.717, 1.165) is 23.8 Å². The number of hydrazone groups is 1. The molecular weight excluding hydrogens is 392 g/mol. The van der Waals surface area contributed by atoms with Gasteiger partial charge in [0.1, 0.15) is 5.69 Å². The predicted octanol–water partition coefficient (Wildman–Crippen LogP) is 2.46. The van der Waals surface area contributed by atoms with Crippen LogP contribution in [0.25, 0.3) is 22.0 Å². The van der Waals surface area contributed by atoms with Crippen LogP contribution >= 0.6 is 0 Å². The van der Waals surface area contributed by atoms with E-state index >= 15 is 0 Å². The van der Waals surface area contributed by atoms with E-state index in [0.29, 0.717) is 11.3 Å². The van der Waals surface area contributed by atoms with Crippen molar-refractivity contribution in [2.24, 2.45) is 5.10 Å². The number of aromatic carboxylic acids is 1. The first-order valence-electron chi connectivity index (χ1n) is 9.85. The maximum Gasteiger partial charge on any atom is 0.289 e. The van der Waals surface area contributed by atoms with Crippen LogP contribution in [0.1, 0.15) is 37.5 Å². The average Bonchev–Trinajstić information content (AvgIpc) is 3.43. The van der Waals surface area contributed by atoms with Crippen LogP contribution in [0.3, 0.4) is 0 Å². The van der Waals surface area contributed by atoms with Gasteiger partial charge in [0.2, 0.25) is 0 Å². The number of hydrogen-bond donors (Lipinski definition) is 2. The molecule has 1 heterocycles. The minimum absolute atomic E-state index is 0.00335. The second-order valence-electron chi connectivity index (χ2n) is 7.35. The van der Waals surface area contributed by atoms with Crippen molar-refractivity contribution in [1.29, 1.82) is 0 Å². The lowest BCUT2D eigenvalue weighted by atomic mass is 9.98. The summed E-state index contributed by atoms with van der Waals surface area (Å²) in [7, 11) is 0. The number of carbonyl (C=O) groups excluding carboxylic acids is 2. The van der Waals surface area contributed by atoms with E-state index in [-0.39, 0.29) is 11.3 Å². The Labute approximate surface area is 177 Å². The second kappa shape index (κ2) is 7.53. The summed E-state index contributed by atoms with van der Waals surface area (Å²) in [5.74, 6) is -1.79. The van der Waals surface area contributed by atoms with Crippen LogP contribution in [0.2, 0.25) is 0 Å². The quantitative estimate of drug-likeness (QED) is 0.390. The third-order valence-corrected chi connectivity index (χ3v) is 5.53. The minimum Gasteiger partial charge on any atom is -0.545 e. The Morgan fingerprint density at radius 2 is 1.84 bits per heavy atom. The number of rotatable bonds is 5. The highest BCUT2D eigenvalue weighted by atomic mass is 16.4. The topological polar surface area (TPSA) is 110 Å². The molecule has 152 valence electrons. The molecule has 5 rings (SSSR count). The molecule has 0 atom stereocenters. The van der Waals surface area contributed by atoms with Crippen molar-refractivity contribution < 1.29 is 14.7 Å². The summed E-state index contributed by atoms with van der Waals surface area (Å²) >= 11 is 0. The van der Waals surface area contributed by atoms with E-state index in [1.165, 1.54) is 28.8 Å². The first kappa shape index (κ1) is 18.7. The first-order valence-corrected chi connectivity index (χ1v) is 9.85. The number of amides is 1. The maximum atomic E-state index is 12.5. The molecular formula is C24H17N4O3-. The van der Waals surface area contributed by atoms with E-state index in [2.05, 4.69) is 45.0 Å². The van der Waals surface area contributed by atoms with Gasteiger partial charge in [-0.2, -0.15) is 10.2 Å². The van der Waals surface area contributed by atoms with Crippen LogP contribution in [0.15, 0.2) is 65.8 Å². The molecule has 1 aliphatic carbocycles. The Kier molecular flexibility index (Phi) is 4.55. The second-order valence-corrected chi connectivity index (χ2v) is 7.35. The number of H-pyrrole nitrogens is 1. The van der Waals surface area contributed by atoms with E-state index in [4.69, 9.17) is 0 Å². The molecule has 4 aromatic rings. The Morgan fingerprint density at radius 1 is 1.03 bits per heavy atom. The summed E-state index contributed by atoms with van der Waals surface area (Å²) in [5.41, 5.74) is 7.29. The Balaban J connectivity index is 1.38. The lowest BCUT2D eigenvalue weighted by Crippen LogP contribution is -2.24. The maximum absolute atomic E-state index is 12.5. The van der Waals surface area contributed by atoms with Crippen molar-refractivity contribution in [3.63, 3.8) is 0 Å². The van der Waals surface area contributed by atoms with Gasteiger partial charge in [-0.15, -0.1) is 0 Å². The number of carboxylic acid groups (broad SMARTS) is 1. The molecule has 31 heavy (non-hydrogen) atoms. The monoisotopic (exact) mass is 409 g/mol. The molecule has 0 radical (unpaired) electrons. The molecule has 0 fully saturated rings. The molecule has 0 spiro atoms. The third kappa shape index (κ3) is 3.36. The van der Waals surface area contributed by atoms with Gasteiger partial charge in [0.15, 0.2) is 0 Å². The van der Waals surface area contributed by atoms with Gasteiger partial charge in [0.05, 0.1) is 17.9 Å². The summed E-state index contributed by atoms with van der Waals surface area (Å²) in [5, 5.41) is 24.5. The Morgan fingerprint density at radius 3 is 2.68 bits per heavy atom. The summed E-state index contributed by atoms with van der Waals surface area (Å²) in [6.07, 6.45) is 3.36. The minimum atomic E-state index is -1.31. The average molecular weight is 409 g/mol. The first-order chi connectivity index (χ1) is 15.1. The van der Waals surface area contributed by atoms with Gasteiger partial charge in [0.25, 0.3) is 5.91 Å². The fourth-order valence-electron chi connectivity index (χ4n) is 4.06. The van der Waals surface area contributed by atoms with Crippen LogP contribution in [0, 0.1) is 0 Å². The van der Waals surface area contributed by atoms with Crippen molar-refractivity contribution in [2.45, 2.75) is 12.8 Å². The van der Waals surface area contributed by atoms with Gasteiger partial charge < -0.3 is 9.90 Å². The van der Waals surface area contributed by atoms with Gasteiger partial charge in [-0.05, 0) is 40.8 Å². The Bertz CT molecular complexity index is 1360. The number of hydrogen-bond acceptors (Lipinski definition) is 5. The summed E-state index contributed by atoms with van der Waals surface area (Å²) < 4.78 is 0. The predicted molar refractivity (Wildman–Crippen MR) is 115 cm³/mol. The van der Waals surface area contributed by atoms with Crippen LogP contribution in [-0.4, -0.2) is 28.3 Å². The van der Waals surface area contributed by atoms with Crippen molar-refractivity contribution >= 4 is 28.9 Å². The molecule has 0 unspecified atom stereocenters. The fraction of sp³-hybridized carbons (Fsp3) is 0.0833. The zero-order valence-corrected chi connectivity index (χ0v) is 16.4. The summed E-state index contributed by atoms with van der Waals surface area (Å²) in [4.78, 5) is 23.6. The molecule has 0 aliphatic heterocycles. The number of aromatic amines is 1. The van der Waals surface area contributed by atoms with E-state index in [1.54, 1.807) is 24.3 Å². The number of carboxylic acids is 1. The SMILES string of the molecule is O=C(N/N=C\c1ccccc1C(=O)[O-])c1cc(-c2ccc3c4c(cccc24)CC3)n[nH]1. The number of nitrogens with zero attached hydrogens (tertiary/aromatic N) is 2. The highest BCUT2D eigenvalue weighted by Crippen LogP contribution is 2.36. The van der Waals surface area contributed by atoms with E-state index in [1.807, 2.05) is 6.07 Å². The fourth-order valence-corrected chi connectivity index (χ4v) is 4.06. The third-order valence-electron chi connectivity index (χ3n) is 5.53. The number of aromatic nitrogens is 2. The lowest BCUT2D eigenvalue weighted by molar-refractivity contribution is -0.255. The number of benzene rings is 3. The largest absolute Gasteiger partial charge is 0.545 e. The van der Waals surface area contributed by atoms with Gasteiger partial charge in [0, 0.05) is 16.7 Å². The molecule has 0 saturated carbocycles. The van der Waals surface area contributed by atoms with Crippen molar-refractivity contribution in [1.82, 2.24) is 15.6 Å². The molecule has 1 aliphatic rings. The van der Waals surface area contributed by atoms with Gasteiger partial charge in [-0.1, -0.05) is 54.6 Å². The standard InChI is InChI=1S/C24H18N4O3/c29-23(28-25-13-16-4-1-2-6-17(16)24(30)31)21-12-20(26-27-21)18-11-10-15-9-8-14-5-3-7-19(18)22(14)15/h1-7,10-13H,8-9H2,(H,26,27)(H,28,29)(H,30,31)/p-1/b25-13-. The van der Waals surface area contributed by atoms with Gasteiger partial charge >= 0.3 is 0 Å². The summed E-state index contributed by atoms with van der Waals surface area (Å²) in [6.45, 7) is 0. The molecule has 3 aromatic carbocycles. The zero-order chi connectivity index (χ0) is 21.4. The lowest BCUT2D eigenvalue weighted by Gasteiger charge is -2.06. The normalized spacial score (nSPS) is 12.5. The molecule has 1 aromatic heterocycles. The molecule has 1 amide bonds. The molecule has 7 heteroatoms. The highest BCUT2D eigenvalue weighted by molar-refractivity contribution is 6.02. The van der Waals surface area contributed by atoms with E-state index < -0.39 is 11.9 Å². The van der Waals surface area contributed by atoms with Crippen LogP contribution < -0.4 is 10.5 Å². The van der Waals surface area contributed by atoms with Crippen molar-refractivity contribution in [3.8, 4) is 11.3 Å². The molecule has 7 nitrogen and oxygen atoms in total. The molecule has 0 saturated heterocycles. The van der Waals surface area contributed by atoms with Crippen molar-refractivity contribution in [3.05, 3.63) is 88.6 Å². The molecule has 2 N–H and O–H groups in total. The highest BCUT2D eigenvalue weighted by Gasteiger charge is 2.18. The number of aryl methyl sites for hydroxylation is 2. The van der Waals surface area contributed by atoms with Crippen molar-refractivity contribution in [2.75, 3.05) is 0 Å². The molecule has 0 bridgehead atoms.